The number of rotatable bonds is 6. The van der Waals surface area contributed by atoms with Crippen LogP contribution in [-0.2, 0) is 12.8 Å². The molecule has 0 N–H and O–H groups in total. The van der Waals surface area contributed by atoms with Crippen molar-refractivity contribution in [3.63, 3.8) is 0 Å². The molecule has 4 aromatic rings. The molecule has 0 atom stereocenters. The summed E-state index contributed by atoms with van der Waals surface area (Å²) < 4.78 is 12.9. The summed E-state index contributed by atoms with van der Waals surface area (Å²) in [5.74, 6) is 2.93. The van der Waals surface area contributed by atoms with Crippen LogP contribution < -0.4 is 4.74 Å². The Bertz CT molecular complexity index is 1130. The fraction of sp³-hybridized carbons (Fsp3) is 0.227. The minimum absolute atomic E-state index is 0.648. The maximum absolute atomic E-state index is 5.71. The average Bonchev–Trinajstić information content (AvgIpc) is 3.33. The van der Waals surface area contributed by atoms with Gasteiger partial charge in [-0.05, 0) is 49.7 Å². The molecule has 0 spiro atoms. The second-order valence-electron chi connectivity index (χ2n) is 6.84. The fourth-order valence-electron chi connectivity index (χ4n) is 3.12. The van der Waals surface area contributed by atoms with Crippen LogP contribution in [0.1, 0.15) is 16.8 Å². The number of thioether (sulfide) groups is 1. The van der Waals surface area contributed by atoms with E-state index in [9.17, 15) is 0 Å². The monoisotopic (exact) mass is 406 g/mol. The molecule has 0 aliphatic heterocycles. The van der Waals surface area contributed by atoms with Crippen molar-refractivity contribution in [1.29, 1.82) is 0 Å². The Hall–Kier alpha value is -3.06. The van der Waals surface area contributed by atoms with Gasteiger partial charge in [-0.1, -0.05) is 29.5 Å². The minimum atomic E-state index is 0.648. The summed E-state index contributed by atoms with van der Waals surface area (Å²) in [5, 5.41) is 9.48. The number of aryl methyl sites for hydroxylation is 2. The largest absolute Gasteiger partial charge is 0.497 e. The SMILES string of the molecule is COc1ccc(-c2nnc(SCc3coc(-c4ccc(C)cc4C)n3)n2C)cc1. The number of aromatic nitrogens is 4. The molecule has 29 heavy (non-hydrogen) atoms. The van der Waals surface area contributed by atoms with Gasteiger partial charge in [0.2, 0.25) is 5.89 Å². The van der Waals surface area contributed by atoms with Gasteiger partial charge in [0, 0.05) is 23.9 Å². The van der Waals surface area contributed by atoms with E-state index in [1.165, 1.54) is 5.56 Å². The number of ether oxygens (including phenoxy) is 1. The third-order valence-electron chi connectivity index (χ3n) is 4.70. The molecule has 0 aliphatic carbocycles. The molecule has 0 bridgehead atoms. The van der Waals surface area contributed by atoms with E-state index in [0.717, 1.165) is 39.1 Å². The average molecular weight is 407 g/mol. The van der Waals surface area contributed by atoms with Crippen molar-refractivity contribution in [2.45, 2.75) is 24.8 Å². The molecule has 0 amide bonds. The summed E-state index contributed by atoms with van der Waals surface area (Å²) >= 11 is 1.58. The summed E-state index contributed by atoms with van der Waals surface area (Å²) in [5.41, 5.74) is 5.27. The van der Waals surface area contributed by atoms with Crippen molar-refractivity contribution < 1.29 is 9.15 Å². The fourth-order valence-corrected chi connectivity index (χ4v) is 3.91. The third-order valence-corrected chi connectivity index (χ3v) is 5.75. The maximum atomic E-state index is 5.71. The summed E-state index contributed by atoms with van der Waals surface area (Å²) in [6.07, 6.45) is 1.71. The van der Waals surface area contributed by atoms with E-state index in [0.29, 0.717) is 11.6 Å². The van der Waals surface area contributed by atoms with Crippen LogP contribution in [0.25, 0.3) is 22.8 Å². The van der Waals surface area contributed by atoms with Gasteiger partial charge in [0.15, 0.2) is 11.0 Å². The van der Waals surface area contributed by atoms with Crippen molar-refractivity contribution in [1.82, 2.24) is 19.7 Å². The van der Waals surface area contributed by atoms with Crippen LogP contribution in [0.3, 0.4) is 0 Å². The lowest BCUT2D eigenvalue weighted by atomic mass is 10.1. The quantitative estimate of drug-likeness (QED) is 0.417. The summed E-state index contributed by atoms with van der Waals surface area (Å²) in [6, 6.07) is 14.0. The second-order valence-corrected chi connectivity index (χ2v) is 7.79. The molecule has 2 aromatic carbocycles. The normalized spacial score (nSPS) is 11.0. The highest BCUT2D eigenvalue weighted by atomic mass is 32.2. The summed E-state index contributed by atoms with van der Waals surface area (Å²) in [4.78, 5) is 4.64. The van der Waals surface area contributed by atoms with E-state index in [4.69, 9.17) is 9.15 Å². The molecule has 0 saturated carbocycles. The van der Waals surface area contributed by atoms with E-state index in [1.54, 1.807) is 25.1 Å². The molecule has 2 heterocycles. The first-order valence-corrected chi connectivity index (χ1v) is 10.2. The zero-order valence-electron chi connectivity index (χ0n) is 16.8. The summed E-state index contributed by atoms with van der Waals surface area (Å²) in [6.45, 7) is 4.15. The Labute approximate surface area is 174 Å². The van der Waals surface area contributed by atoms with E-state index in [1.807, 2.05) is 35.9 Å². The molecule has 0 radical (unpaired) electrons. The number of oxazole rings is 1. The van der Waals surface area contributed by atoms with E-state index in [-0.39, 0.29) is 0 Å². The van der Waals surface area contributed by atoms with Crippen molar-refractivity contribution in [3.8, 4) is 28.6 Å². The van der Waals surface area contributed by atoms with E-state index in [2.05, 4.69) is 47.2 Å². The lowest BCUT2D eigenvalue weighted by Crippen LogP contribution is -1.95. The predicted molar refractivity (Wildman–Crippen MR) is 114 cm³/mol. The highest BCUT2D eigenvalue weighted by molar-refractivity contribution is 7.98. The zero-order valence-corrected chi connectivity index (χ0v) is 17.7. The smallest absolute Gasteiger partial charge is 0.226 e. The zero-order chi connectivity index (χ0) is 20.4. The van der Waals surface area contributed by atoms with Gasteiger partial charge in [-0.15, -0.1) is 10.2 Å². The molecule has 148 valence electrons. The van der Waals surface area contributed by atoms with Gasteiger partial charge in [-0.2, -0.15) is 0 Å². The molecule has 4 rings (SSSR count). The molecule has 7 heteroatoms. The van der Waals surface area contributed by atoms with Gasteiger partial charge in [-0.3, -0.25) is 0 Å². The van der Waals surface area contributed by atoms with Gasteiger partial charge in [0.1, 0.15) is 12.0 Å². The lowest BCUT2D eigenvalue weighted by molar-refractivity contribution is 0.415. The van der Waals surface area contributed by atoms with Crippen LogP contribution >= 0.6 is 11.8 Å². The van der Waals surface area contributed by atoms with Crippen LogP contribution in [0.2, 0.25) is 0 Å². The molecule has 6 nitrogen and oxygen atoms in total. The van der Waals surface area contributed by atoms with E-state index < -0.39 is 0 Å². The van der Waals surface area contributed by atoms with Gasteiger partial charge in [-0.25, -0.2) is 4.98 Å². The Morgan fingerprint density at radius 3 is 2.59 bits per heavy atom. The Balaban J connectivity index is 1.47. The molecule has 0 fully saturated rings. The van der Waals surface area contributed by atoms with Crippen LogP contribution in [0.5, 0.6) is 5.75 Å². The Morgan fingerprint density at radius 1 is 1.07 bits per heavy atom. The van der Waals surface area contributed by atoms with Crippen molar-refractivity contribution in [2.24, 2.45) is 7.05 Å². The molecule has 0 saturated heterocycles. The molecule has 0 unspecified atom stereocenters. The molecule has 2 aromatic heterocycles. The number of hydrogen-bond donors (Lipinski definition) is 0. The first-order chi connectivity index (χ1) is 14.0. The highest BCUT2D eigenvalue weighted by Gasteiger charge is 2.14. The van der Waals surface area contributed by atoms with Crippen LogP contribution in [0, 0.1) is 13.8 Å². The van der Waals surface area contributed by atoms with Crippen LogP contribution in [0.15, 0.2) is 58.3 Å². The Kier molecular flexibility index (Phi) is 5.40. The Morgan fingerprint density at radius 2 is 1.86 bits per heavy atom. The predicted octanol–water partition coefficient (Wildman–Crippen LogP) is 5.05. The van der Waals surface area contributed by atoms with Gasteiger partial charge >= 0.3 is 0 Å². The highest BCUT2D eigenvalue weighted by Crippen LogP contribution is 2.28. The van der Waals surface area contributed by atoms with Crippen molar-refractivity contribution in [3.05, 3.63) is 65.5 Å². The standard InChI is InChI=1S/C22H22N4O2S/c1-14-5-10-19(15(2)11-14)21-23-17(12-28-21)13-29-22-25-24-20(26(22)3)16-6-8-18(27-4)9-7-16/h5-12H,13H2,1-4H3. The van der Waals surface area contributed by atoms with Gasteiger partial charge in [0.05, 0.1) is 12.8 Å². The number of nitrogens with zero attached hydrogens (tertiary/aromatic N) is 4. The number of benzene rings is 2. The molecular formula is C22H22N4O2S. The van der Waals surface area contributed by atoms with Gasteiger partial charge in [0.25, 0.3) is 0 Å². The topological polar surface area (TPSA) is 66.0 Å². The van der Waals surface area contributed by atoms with Crippen molar-refractivity contribution in [2.75, 3.05) is 7.11 Å². The third kappa shape index (κ3) is 4.05. The summed E-state index contributed by atoms with van der Waals surface area (Å²) in [7, 11) is 3.62. The first kappa shape index (κ1) is 19.3. The number of methoxy groups -OCH3 is 1. The lowest BCUT2D eigenvalue weighted by Gasteiger charge is -2.04. The van der Waals surface area contributed by atoms with E-state index >= 15 is 0 Å². The molecular weight excluding hydrogens is 384 g/mol. The minimum Gasteiger partial charge on any atom is -0.497 e. The molecule has 0 aliphatic rings. The first-order valence-electron chi connectivity index (χ1n) is 9.24. The maximum Gasteiger partial charge on any atom is 0.226 e. The van der Waals surface area contributed by atoms with Gasteiger partial charge < -0.3 is 13.7 Å². The van der Waals surface area contributed by atoms with Crippen LogP contribution in [0.4, 0.5) is 0 Å². The second kappa shape index (κ2) is 8.13. The number of hydrogen-bond acceptors (Lipinski definition) is 6. The van der Waals surface area contributed by atoms with Crippen LogP contribution in [-0.4, -0.2) is 26.9 Å². The van der Waals surface area contributed by atoms with Crippen molar-refractivity contribution >= 4 is 11.8 Å².